The van der Waals surface area contributed by atoms with Gasteiger partial charge in [-0.25, -0.2) is 0 Å². The second kappa shape index (κ2) is 7.18. The summed E-state index contributed by atoms with van der Waals surface area (Å²) in [5.74, 6) is 0. The van der Waals surface area contributed by atoms with Gasteiger partial charge in [0.25, 0.3) is 0 Å². The van der Waals surface area contributed by atoms with E-state index in [1.807, 2.05) is 0 Å². The van der Waals surface area contributed by atoms with Crippen LogP contribution in [0, 0.1) is 13.8 Å². The highest BCUT2D eigenvalue weighted by molar-refractivity contribution is 6.09. The lowest BCUT2D eigenvalue weighted by Crippen LogP contribution is -2.69. The summed E-state index contributed by atoms with van der Waals surface area (Å²) in [6.45, 7) is 4.47. The van der Waals surface area contributed by atoms with Gasteiger partial charge in [-0.15, -0.1) is 0 Å². The van der Waals surface area contributed by atoms with Crippen molar-refractivity contribution in [3.63, 3.8) is 0 Å². The summed E-state index contributed by atoms with van der Waals surface area (Å²) in [6, 6.07) is 37.7. The molecule has 0 unspecified atom stereocenters. The van der Waals surface area contributed by atoms with Crippen LogP contribution in [0.3, 0.4) is 0 Å². The summed E-state index contributed by atoms with van der Waals surface area (Å²) in [5.41, 5.74) is 14.2. The minimum Gasteiger partial charge on any atom is -0.309 e. The first-order chi connectivity index (χ1) is 16.7. The largest absolute Gasteiger partial charge is 0.309 e. The molecule has 1 aliphatic rings. The van der Waals surface area contributed by atoms with Crippen molar-refractivity contribution in [3.8, 4) is 27.9 Å². The summed E-state index contributed by atoms with van der Waals surface area (Å²) in [5, 5.41) is 4.89. The molecule has 0 amide bonds. The highest BCUT2D eigenvalue weighted by Gasteiger charge is 2.23. The van der Waals surface area contributed by atoms with Gasteiger partial charge in [-0.2, -0.15) is 0 Å². The Hall–Kier alpha value is -4.14. The first-order valence-corrected chi connectivity index (χ1v) is 11.9. The Bertz CT molecular complexity index is 1700. The molecule has 7 rings (SSSR count). The van der Waals surface area contributed by atoms with Crippen LogP contribution in [0.25, 0.3) is 49.7 Å². The average Bonchev–Trinajstić information content (AvgIpc) is 3.41. The molecule has 6 aromatic rings. The van der Waals surface area contributed by atoms with E-state index in [0.717, 1.165) is 0 Å². The molecule has 2 nitrogen and oxygen atoms in total. The molecular weight excluding hydrogens is 412 g/mol. The number of hydrogen-bond donors (Lipinski definition) is 1. The maximum Gasteiger partial charge on any atom is 0.142 e. The number of quaternary nitrogens is 1. The van der Waals surface area contributed by atoms with Crippen molar-refractivity contribution in [3.05, 3.63) is 114 Å². The molecule has 1 aliphatic heterocycles. The zero-order chi connectivity index (χ0) is 22.8. The van der Waals surface area contributed by atoms with Gasteiger partial charge in [0.05, 0.1) is 11.0 Å². The number of aryl methyl sites for hydroxylation is 2. The molecule has 0 fully saturated rings. The Morgan fingerprint density at radius 1 is 0.529 bits per heavy atom. The topological polar surface area (TPSA) is 21.5 Å². The molecule has 0 atom stereocenters. The summed E-state index contributed by atoms with van der Waals surface area (Å²) in [6.07, 6.45) is 0. The number of fused-ring (bicyclic) bond motifs is 6. The smallest absolute Gasteiger partial charge is 0.142 e. The van der Waals surface area contributed by atoms with E-state index in [0.29, 0.717) is 0 Å². The lowest BCUT2D eigenvalue weighted by molar-refractivity contribution is -0.473. The molecule has 34 heavy (non-hydrogen) atoms. The molecule has 0 saturated carbocycles. The highest BCUT2D eigenvalue weighted by atomic mass is 15.0. The van der Waals surface area contributed by atoms with E-state index in [1.54, 1.807) is 0 Å². The van der Waals surface area contributed by atoms with E-state index >= 15 is 0 Å². The summed E-state index contributed by atoms with van der Waals surface area (Å²) < 4.78 is 2.42. The van der Waals surface area contributed by atoms with Crippen molar-refractivity contribution in [2.75, 3.05) is 0 Å². The normalized spacial score (nSPS) is 12.3. The fraction of sp³-hybridized carbons (Fsp3) is 0.0625. The summed E-state index contributed by atoms with van der Waals surface area (Å²) >= 11 is 0. The third-order valence-corrected chi connectivity index (χ3v) is 7.29. The number of hydrogen-bond acceptors (Lipinski definition) is 0. The Morgan fingerprint density at radius 2 is 1.18 bits per heavy atom. The molecule has 0 spiro atoms. The maximum atomic E-state index is 2.42. The van der Waals surface area contributed by atoms with Crippen LogP contribution in [0.15, 0.2) is 103 Å². The van der Waals surface area contributed by atoms with Crippen LogP contribution in [-0.2, 0) is 0 Å². The molecule has 0 saturated heterocycles. The van der Waals surface area contributed by atoms with E-state index in [9.17, 15) is 0 Å². The number of nitrogens with two attached hydrogens (primary N) is 1. The molecule has 0 aliphatic carbocycles. The van der Waals surface area contributed by atoms with Crippen LogP contribution >= 0.6 is 0 Å². The fourth-order valence-electron chi connectivity index (χ4n) is 5.65. The van der Waals surface area contributed by atoms with Crippen molar-refractivity contribution in [2.24, 2.45) is 0 Å². The molecule has 2 heteroatoms. The lowest BCUT2D eigenvalue weighted by atomic mass is 9.94. The molecular formula is C32H25N2+. The Kier molecular flexibility index (Phi) is 4.08. The number of aromatic nitrogens is 1. The van der Waals surface area contributed by atoms with Crippen molar-refractivity contribution < 1.29 is 5.32 Å². The summed E-state index contributed by atoms with van der Waals surface area (Å²) in [7, 11) is 0. The van der Waals surface area contributed by atoms with Crippen LogP contribution in [0.2, 0.25) is 0 Å². The third kappa shape index (κ3) is 2.73. The predicted octanol–water partition coefficient (Wildman–Crippen LogP) is 7.57. The zero-order valence-corrected chi connectivity index (χ0v) is 19.3. The van der Waals surface area contributed by atoms with E-state index < -0.39 is 0 Å². The number of benzene rings is 5. The van der Waals surface area contributed by atoms with Crippen LogP contribution in [0.5, 0.6) is 0 Å². The van der Waals surface area contributed by atoms with Gasteiger partial charge >= 0.3 is 0 Å². The van der Waals surface area contributed by atoms with E-state index in [4.69, 9.17) is 0 Å². The minimum absolute atomic E-state index is 1.25. The number of para-hydroxylation sites is 3. The molecule has 5 aromatic carbocycles. The molecule has 162 valence electrons. The molecule has 0 radical (unpaired) electrons. The van der Waals surface area contributed by atoms with Crippen molar-refractivity contribution in [1.29, 1.82) is 0 Å². The SMILES string of the molecule is Cc1cc(-n2c3ccccc3c3ccccc32)c(C)cc1-c1ccc2c(c1)-c1ccccc1[NH2+]2. The molecule has 2 heterocycles. The van der Waals surface area contributed by atoms with Crippen LogP contribution in [0.4, 0.5) is 11.4 Å². The van der Waals surface area contributed by atoms with Crippen molar-refractivity contribution in [1.82, 2.24) is 4.57 Å². The van der Waals surface area contributed by atoms with Crippen molar-refractivity contribution >= 4 is 33.2 Å². The monoisotopic (exact) mass is 437 g/mol. The van der Waals surface area contributed by atoms with E-state index in [2.05, 4.69) is 127 Å². The van der Waals surface area contributed by atoms with Gasteiger partial charge in [0.1, 0.15) is 11.4 Å². The number of rotatable bonds is 2. The summed E-state index contributed by atoms with van der Waals surface area (Å²) in [4.78, 5) is 0. The molecule has 1 aromatic heterocycles. The van der Waals surface area contributed by atoms with E-state index in [1.165, 1.54) is 72.2 Å². The second-order valence-electron chi connectivity index (χ2n) is 9.36. The zero-order valence-electron chi connectivity index (χ0n) is 19.3. The van der Waals surface area contributed by atoms with Crippen LogP contribution < -0.4 is 5.32 Å². The average molecular weight is 438 g/mol. The lowest BCUT2D eigenvalue weighted by Gasteiger charge is -2.16. The minimum atomic E-state index is 1.25. The third-order valence-electron chi connectivity index (χ3n) is 7.29. The number of nitrogens with zero attached hydrogens (tertiary/aromatic N) is 1. The standard InChI is InChI=1S/C32H24N2/c1-20-18-32(34-30-13-7-4-10-24(30)25-11-5-8-14-31(25)34)21(2)17-26(20)22-15-16-29-27(19-22)23-9-3-6-12-28(23)33-29/h3-19,33H,1-2H3/p+1. The first-order valence-electron chi connectivity index (χ1n) is 11.9. The molecule has 0 bridgehead atoms. The Balaban J connectivity index is 1.41. The fourth-order valence-corrected chi connectivity index (χ4v) is 5.65. The van der Waals surface area contributed by atoms with Gasteiger partial charge in [0.2, 0.25) is 0 Å². The Morgan fingerprint density at radius 3 is 1.94 bits per heavy atom. The highest BCUT2D eigenvalue weighted by Crippen LogP contribution is 2.40. The van der Waals surface area contributed by atoms with Gasteiger partial charge in [-0.1, -0.05) is 48.5 Å². The second-order valence-corrected chi connectivity index (χ2v) is 9.36. The van der Waals surface area contributed by atoms with Crippen LogP contribution in [0.1, 0.15) is 11.1 Å². The maximum absolute atomic E-state index is 2.42. The molecule has 2 N–H and O–H groups in total. The van der Waals surface area contributed by atoms with Gasteiger partial charge in [0, 0.05) is 39.7 Å². The Labute approximate surface area is 199 Å². The van der Waals surface area contributed by atoms with Crippen LogP contribution in [-0.4, -0.2) is 4.57 Å². The van der Waals surface area contributed by atoms with Gasteiger partial charge < -0.3 is 4.57 Å². The predicted molar refractivity (Wildman–Crippen MR) is 142 cm³/mol. The van der Waals surface area contributed by atoms with Gasteiger partial charge in [-0.3, -0.25) is 5.32 Å². The van der Waals surface area contributed by atoms with Crippen molar-refractivity contribution in [2.45, 2.75) is 13.8 Å². The van der Waals surface area contributed by atoms with E-state index in [-0.39, 0.29) is 0 Å². The van der Waals surface area contributed by atoms with Gasteiger partial charge in [0.15, 0.2) is 0 Å². The van der Waals surface area contributed by atoms with Gasteiger partial charge in [-0.05, 0) is 78.6 Å². The quantitative estimate of drug-likeness (QED) is 0.269. The first kappa shape index (κ1) is 19.3.